The average Bonchev–Trinajstić information content (AvgIpc) is 3.23. The van der Waals surface area contributed by atoms with Crippen molar-refractivity contribution < 1.29 is 24.4 Å². The third-order valence-corrected chi connectivity index (χ3v) is 8.55. The highest BCUT2D eigenvalue weighted by Crippen LogP contribution is 2.29. The molecule has 33 heavy (non-hydrogen) atoms. The highest BCUT2D eigenvalue weighted by Gasteiger charge is 2.28. The van der Waals surface area contributed by atoms with Crippen LogP contribution in [0.25, 0.3) is 0 Å². The van der Waals surface area contributed by atoms with E-state index in [1.165, 1.54) is 6.20 Å². The van der Waals surface area contributed by atoms with E-state index in [1.54, 1.807) is 6.92 Å². The van der Waals surface area contributed by atoms with Crippen molar-refractivity contribution in [3.8, 4) is 0 Å². The molecule has 2 aromatic rings. The van der Waals surface area contributed by atoms with Crippen LogP contribution in [0.15, 0.2) is 34.7 Å². The number of anilines is 1. The molecule has 1 fully saturated rings. The number of aliphatic carboxylic acids is 1. The summed E-state index contributed by atoms with van der Waals surface area (Å²) in [7, 11) is 0. The van der Waals surface area contributed by atoms with Crippen LogP contribution in [-0.2, 0) is 22.4 Å². The fourth-order valence-electron chi connectivity index (χ4n) is 3.99. The van der Waals surface area contributed by atoms with Crippen LogP contribution in [-0.4, -0.2) is 55.0 Å². The number of hydrogen-bond acceptors (Lipinski definition) is 6. The number of thiazole rings is 1. The standard InChI is InChI=1S/C23H31N3O5S2/c1-15-3-9-19(10-4-15)26(12-11-17-5-7-18(8-6-17)16(2)27)23(30)25-22-24-13-21(32-22)33(31)14-20(28)29/h5-8,13,15-16,19,27H,3-4,9-12,14H2,1-2H3,(H,28,29)(H,24,25,30)/t15-,16?,19-,33?. The van der Waals surface area contributed by atoms with Crippen molar-refractivity contribution in [2.45, 2.75) is 62.3 Å². The highest BCUT2D eigenvalue weighted by atomic mass is 32.2. The fraction of sp³-hybridized carbons (Fsp3) is 0.522. The molecular formula is C23H31N3O5S2. The summed E-state index contributed by atoms with van der Waals surface area (Å²) in [4.78, 5) is 30.0. The van der Waals surface area contributed by atoms with Gasteiger partial charge in [-0.25, -0.2) is 14.6 Å². The van der Waals surface area contributed by atoms with Gasteiger partial charge in [0.1, 0.15) is 0 Å². The van der Waals surface area contributed by atoms with E-state index < -0.39 is 29.0 Å². The van der Waals surface area contributed by atoms with E-state index in [4.69, 9.17) is 5.11 Å². The Morgan fingerprint density at radius 3 is 2.55 bits per heavy atom. The van der Waals surface area contributed by atoms with Crippen molar-refractivity contribution in [1.29, 1.82) is 0 Å². The Morgan fingerprint density at radius 2 is 1.94 bits per heavy atom. The lowest BCUT2D eigenvalue weighted by Gasteiger charge is -2.36. The van der Waals surface area contributed by atoms with Crippen LogP contribution in [0.1, 0.15) is 56.8 Å². The van der Waals surface area contributed by atoms with Crippen molar-refractivity contribution >= 4 is 39.6 Å². The number of carbonyl (C=O) groups excluding carboxylic acids is 1. The quantitative estimate of drug-likeness (QED) is 0.453. The zero-order chi connectivity index (χ0) is 24.0. The van der Waals surface area contributed by atoms with Gasteiger partial charge in [0.15, 0.2) is 5.13 Å². The lowest BCUT2D eigenvalue weighted by molar-refractivity contribution is -0.134. The summed E-state index contributed by atoms with van der Waals surface area (Å²) in [5.41, 5.74) is 1.94. The van der Waals surface area contributed by atoms with Gasteiger partial charge in [-0.2, -0.15) is 0 Å². The summed E-state index contributed by atoms with van der Waals surface area (Å²) in [6.45, 7) is 4.51. The monoisotopic (exact) mass is 493 g/mol. The summed E-state index contributed by atoms with van der Waals surface area (Å²) in [5, 5.41) is 21.7. The number of aliphatic hydroxyl groups is 1. The summed E-state index contributed by atoms with van der Waals surface area (Å²) in [6.07, 6.45) is 5.57. The van der Waals surface area contributed by atoms with E-state index in [0.717, 1.165) is 48.1 Å². The molecule has 3 rings (SSSR count). The first kappa shape index (κ1) is 25.5. The number of benzene rings is 1. The molecule has 2 atom stereocenters. The number of rotatable bonds is 9. The minimum Gasteiger partial charge on any atom is -0.610 e. The Morgan fingerprint density at radius 1 is 1.27 bits per heavy atom. The first-order valence-corrected chi connectivity index (χ1v) is 13.3. The number of amides is 2. The zero-order valence-corrected chi connectivity index (χ0v) is 20.5. The summed E-state index contributed by atoms with van der Waals surface area (Å²) in [5.74, 6) is -0.980. The summed E-state index contributed by atoms with van der Waals surface area (Å²) >= 11 is -0.649. The van der Waals surface area contributed by atoms with Gasteiger partial charge < -0.3 is 19.7 Å². The first-order chi connectivity index (χ1) is 15.7. The van der Waals surface area contributed by atoms with Gasteiger partial charge in [-0.05, 0) is 67.4 Å². The Balaban J connectivity index is 1.67. The SMILES string of the molecule is CC(O)c1ccc(CCN(C(=O)Nc2ncc([S+]([O-])CC(=O)O)s2)[C@H]2CC[C@H](C)CC2)cc1. The third-order valence-electron chi connectivity index (χ3n) is 5.97. The van der Waals surface area contributed by atoms with E-state index in [-0.39, 0.29) is 12.1 Å². The van der Waals surface area contributed by atoms with E-state index in [1.807, 2.05) is 29.2 Å². The van der Waals surface area contributed by atoms with E-state index >= 15 is 0 Å². The molecule has 0 radical (unpaired) electrons. The minimum absolute atomic E-state index is 0.138. The van der Waals surface area contributed by atoms with Crippen molar-refractivity contribution in [2.24, 2.45) is 5.92 Å². The molecule has 1 aliphatic rings. The maximum atomic E-state index is 13.2. The summed E-state index contributed by atoms with van der Waals surface area (Å²) in [6, 6.07) is 7.65. The van der Waals surface area contributed by atoms with E-state index in [0.29, 0.717) is 28.2 Å². The number of hydrogen-bond donors (Lipinski definition) is 3. The van der Waals surface area contributed by atoms with Gasteiger partial charge in [0.25, 0.3) is 0 Å². The molecule has 1 saturated carbocycles. The Kier molecular flexibility index (Phi) is 9.13. The lowest BCUT2D eigenvalue weighted by Crippen LogP contribution is -2.45. The molecule has 1 heterocycles. The van der Waals surface area contributed by atoms with E-state index in [2.05, 4.69) is 17.2 Å². The number of urea groups is 1. The van der Waals surface area contributed by atoms with Gasteiger partial charge >= 0.3 is 12.0 Å². The molecule has 0 saturated heterocycles. The molecule has 180 valence electrons. The molecule has 0 spiro atoms. The van der Waals surface area contributed by atoms with Gasteiger partial charge in [-0.1, -0.05) is 31.2 Å². The fourth-order valence-corrected chi connectivity index (χ4v) is 5.85. The number of carboxylic acid groups (broad SMARTS) is 1. The molecule has 0 aliphatic heterocycles. The molecule has 1 aromatic carbocycles. The van der Waals surface area contributed by atoms with Gasteiger partial charge in [0.05, 0.1) is 12.3 Å². The first-order valence-electron chi connectivity index (χ1n) is 11.1. The van der Waals surface area contributed by atoms with Crippen LogP contribution < -0.4 is 5.32 Å². The van der Waals surface area contributed by atoms with Crippen LogP contribution in [0.3, 0.4) is 0 Å². The molecule has 3 N–H and O–H groups in total. The van der Waals surface area contributed by atoms with Crippen LogP contribution in [0, 0.1) is 5.92 Å². The number of aliphatic hydroxyl groups excluding tert-OH is 1. The normalized spacial score (nSPS) is 20.1. The molecule has 2 unspecified atom stereocenters. The second-order valence-electron chi connectivity index (χ2n) is 8.57. The molecular weight excluding hydrogens is 462 g/mol. The number of nitrogens with one attached hydrogen (secondary N) is 1. The second kappa shape index (κ2) is 11.8. The maximum Gasteiger partial charge on any atom is 0.354 e. The molecule has 0 bridgehead atoms. The van der Waals surface area contributed by atoms with Crippen molar-refractivity contribution in [3.05, 3.63) is 41.6 Å². The molecule has 1 aliphatic carbocycles. The largest absolute Gasteiger partial charge is 0.610 e. The van der Waals surface area contributed by atoms with Gasteiger partial charge in [0, 0.05) is 23.8 Å². The van der Waals surface area contributed by atoms with Crippen LogP contribution in [0.5, 0.6) is 0 Å². The Hall–Kier alpha value is -2.14. The lowest BCUT2D eigenvalue weighted by atomic mass is 9.86. The smallest absolute Gasteiger partial charge is 0.354 e. The molecule has 10 heteroatoms. The van der Waals surface area contributed by atoms with E-state index in [9.17, 15) is 19.2 Å². The van der Waals surface area contributed by atoms with Crippen LogP contribution >= 0.6 is 11.3 Å². The van der Waals surface area contributed by atoms with Crippen LogP contribution in [0.4, 0.5) is 9.93 Å². The second-order valence-corrected chi connectivity index (χ2v) is 11.3. The zero-order valence-electron chi connectivity index (χ0n) is 18.9. The maximum absolute atomic E-state index is 13.2. The van der Waals surface area contributed by atoms with Gasteiger partial charge in [-0.15, -0.1) is 0 Å². The van der Waals surface area contributed by atoms with Gasteiger partial charge in [-0.3, -0.25) is 5.32 Å². The van der Waals surface area contributed by atoms with Crippen molar-refractivity contribution in [3.63, 3.8) is 0 Å². The van der Waals surface area contributed by atoms with Crippen molar-refractivity contribution in [2.75, 3.05) is 17.6 Å². The summed E-state index contributed by atoms with van der Waals surface area (Å²) < 4.78 is 12.4. The average molecular weight is 494 g/mol. The third kappa shape index (κ3) is 7.43. The Bertz CT molecular complexity index is 926. The minimum atomic E-state index is -1.69. The predicted octanol–water partition coefficient (Wildman–Crippen LogP) is 4.04. The highest BCUT2D eigenvalue weighted by molar-refractivity contribution is 7.94. The molecule has 1 aromatic heterocycles. The Labute approximate surface area is 201 Å². The topological polar surface area (TPSA) is 126 Å². The number of carbonyl (C=O) groups is 2. The van der Waals surface area contributed by atoms with Crippen molar-refractivity contribution in [1.82, 2.24) is 9.88 Å². The molecule has 8 nitrogen and oxygen atoms in total. The predicted molar refractivity (Wildman–Crippen MR) is 129 cm³/mol. The van der Waals surface area contributed by atoms with Crippen LogP contribution in [0.2, 0.25) is 0 Å². The number of aromatic nitrogens is 1. The van der Waals surface area contributed by atoms with Gasteiger partial charge in [0.2, 0.25) is 9.96 Å². The number of carboxylic acids is 1. The molecule has 2 amide bonds. The number of nitrogens with zero attached hydrogens (tertiary/aromatic N) is 2.